The molecule has 102 valence electrons. The Morgan fingerprint density at radius 1 is 1.47 bits per heavy atom. The summed E-state index contributed by atoms with van der Waals surface area (Å²) < 4.78 is 5.04. The maximum Gasteiger partial charge on any atom is 0.414 e. The standard InChI is InChI=1S/C14H17NO4/c1-9-3-4-12(10(2)7-9)15-11(8-13(16)17)5-6-19-14(15)18/h3-4,7,11H,5-6,8H2,1-2H3,(H,16,17). The van der Waals surface area contributed by atoms with Crippen LogP contribution in [-0.2, 0) is 9.53 Å². The minimum atomic E-state index is -0.908. The first-order valence-corrected chi connectivity index (χ1v) is 6.24. The van der Waals surface area contributed by atoms with Crippen LogP contribution in [0.2, 0.25) is 0 Å². The van der Waals surface area contributed by atoms with Gasteiger partial charge < -0.3 is 9.84 Å². The van der Waals surface area contributed by atoms with Crippen molar-refractivity contribution in [1.29, 1.82) is 0 Å². The number of nitrogens with zero attached hydrogens (tertiary/aromatic N) is 1. The predicted molar refractivity (Wildman–Crippen MR) is 70.4 cm³/mol. The summed E-state index contributed by atoms with van der Waals surface area (Å²) in [6.07, 6.45) is -0.00205. The van der Waals surface area contributed by atoms with E-state index in [9.17, 15) is 9.59 Å². The quantitative estimate of drug-likeness (QED) is 0.909. The molecule has 1 aliphatic heterocycles. The van der Waals surface area contributed by atoms with Crippen LogP contribution in [0.4, 0.5) is 10.5 Å². The molecule has 0 radical (unpaired) electrons. The number of ether oxygens (including phenoxy) is 1. The molecule has 1 N–H and O–H groups in total. The first-order valence-electron chi connectivity index (χ1n) is 6.24. The summed E-state index contributed by atoms with van der Waals surface area (Å²) >= 11 is 0. The second-order valence-electron chi connectivity index (χ2n) is 4.81. The van der Waals surface area contributed by atoms with E-state index in [2.05, 4.69) is 0 Å². The molecule has 2 rings (SSSR count). The molecule has 1 aromatic rings. The highest BCUT2D eigenvalue weighted by atomic mass is 16.6. The number of cyclic esters (lactones) is 1. The van der Waals surface area contributed by atoms with Crippen LogP contribution < -0.4 is 4.90 Å². The van der Waals surface area contributed by atoms with Gasteiger partial charge in [0.05, 0.1) is 24.8 Å². The lowest BCUT2D eigenvalue weighted by molar-refractivity contribution is -0.137. The fourth-order valence-electron chi connectivity index (χ4n) is 2.40. The van der Waals surface area contributed by atoms with E-state index in [4.69, 9.17) is 9.84 Å². The molecule has 0 aliphatic carbocycles. The van der Waals surface area contributed by atoms with Crippen LogP contribution in [0.25, 0.3) is 0 Å². The molecule has 0 saturated carbocycles. The summed E-state index contributed by atoms with van der Waals surface area (Å²) in [4.78, 5) is 24.3. The summed E-state index contributed by atoms with van der Waals surface area (Å²) in [5.41, 5.74) is 2.76. The molecule has 0 spiro atoms. The summed E-state index contributed by atoms with van der Waals surface area (Å²) in [5, 5.41) is 8.95. The van der Waals surface area contributed by atoms with E-state index in [0.29, 0.717) is 6.42 Å². The fraction of sp³-hybridized carbons (Fsp3) is 0.429. The number of carbonyl (C=O) groups excluding carboxylic acids is 1. The highest BCUT2D eigenvalue weighted by molar-refractivity contribution is 5.90. The zero-order valence-electron chi connectivity index (χ0n) is 11.0. The average molecular weight is 263 g/mol. The molecule has 1 unspecified atom stereocenters. The van der Waals surface area contributed by atoms with Crippen molar-refractivity contribution >= 4 is 17.7 Å². The van der Waals surface area contributed by atoms with Gasteiger partial charge in [-0.3, -0.25) is 9.69 Å². The Kier molecular flexibility index (Phi) is 3.74. The van der Waals surface area contributed by atoms with Crippen molar-refractivity contribution in [2.45, 2.75) is 32.7 Å². The fourth-order valence-corrected chi connectivity index (χ4v) is 2.40. The number of carbonyl (C=O) groups is 2. The van der Waals surface area contributed by atoms with Crippen molar-refractivity contribution in [2.75, 3.05) is 11.5 Å². The second-order valence-corrected chi connectivity index (χ2v) is 4.81. The molecule has 1 atom stereocenters. The first-order chi connectivity index (χ1) is 8.99. The van der Waals surface area contributed by atoms with Crippen LogP contribution in [0.15, 0.2) is 18.2 Å². The Morgan fingerprint density at radius 3 is 2.84 bits per heavy atom. The number of hydrogen-bond acceptors (Lipinski definition) is 3. The van der Waals surface area contributed by atoms with Gasteiger partial charge in [-0.2, -0.15) is 0 Å². The van der Waals surface area contributed by atoms with Gasteiger partial charge in [0, 0.05) is 6.42 Å². The van der Waals surface area contributed by atoms with Gasteiger partial charge >= 0.3 is 12.1 Å². The van der Waals surface area contributed by atoms with Crippen molar-refractivity contribution in [2.24, 2.45) is 0 Å². The van der Waals surface area contributed by atoms with Gasteiger partial charge in [0.25, 0.3) is 0 Å². The van der Waals surface area contributed by atoms with Gasteiger partial charge in [-0.15, -0.1) is 0 Å². The lowest BCUT2D eigenvalue weighted by atomic mass is 10.0. The largest absolute Gasteiger partial charge is 0.481 e. The first kappa shape index (κ1) is 13.4. The number of aliphatic carboxylic acids is 1. The van der Waals surface area contributed by atoms with E-state index in [1.807, 2.05) is 32.0 Å². The van der Waals surface area contributed by atoms with Gasteiger partial charge in [0.1, 0.15) is 0 Å². The average Bonchev–Trinajstić information content (AvgIpc) is 2.30. The van der Waals surface area contributed by atoms with Crippen LogP contribution >= 0.6 is 0 Å². The van der Waals surface area contributed by atoms with E-state index in [0.717, 1.165) is 16.8 Å². The van der Waals surface area contributed by atoms with Gasteiger partial charge in [0.2, 0.25) is 0 Å². The van der Waals surface area contributed by atoms with E-state index in [-0.39, 0.29) is 19.1 Å². The molecular formula is C14H17NO4. The summed E-state index contributed by atoms with van der Waals surface area (Å²) in [7, 11) is 0. The molecule has 1 saturated heterocycles. The number of carboxylic acid groups (broad SMARTS) is 1. The molecule has 1 aliphatic rings. The van der Waals surface area contributed by atoms with Crippen molar-refractivity contribution in [3.8, 4) is 0 Å². The SMILES string of the molecule is Cc1ccc(N2C(=O)OCCC2CC(=O)O)c(C)c1. The molecule has 1 fully saturated rings. The minimum absolute atomic E-state index is 0.0670. The number of rotatable bonds is 3. The number of aryl methyl sites for hydroxylation is 2. The van der Waals surface area contributed by atoms with Crippen LogP contribution in [0.3, 0.4) is 0 Å². The van der Waals surface area contributed by atoms with Gasteiger partial charge in [-0.1, -0.05) is 17.7 Å². The highest BCUT2D eigenvalue weighted by Crippen LogP contribution is 2.28. The van der Waals surface area contributed by atoms with E-state index < -0.39 is 12.1 Å². The number of hydrogen-bond donors (Lipinski definition) is 1. The Bertz CT molecular complexity index is 512. The van der Waals surface area contributed by atoms with Gasteiger partial charge in [0.15, 0.2) is 0 Å². The molecule has 0 bridgehead atoms. The van der Waals surface area contributed by atoms with Gasteiger partial charge in [-0.25, -0.2) is 4.79 Å². The number of amides is 1. The Hall–Kier alpha value is -2.04. The monoisotopic (exact) mass is 263 g/mol. The van der Waals surface area contributed by atoms with Crippen molar-refractivity contribution in [3.63, 3.8) is 0 Å². The third kappa shape index (κ3) is 2.86. The lowest BCUT2D eigenvalue weighted by Crippen LogP contribution is -2.47. The molecule has 1 aromatic carbocycles. The van der Waals surface area contributed by atoms with Crippen LogP contribution in [0, 0.1) is 13.8 Å². The molecule has 5 heteroatoms. The summed E-state index contributed by atoms with van der Waals surface area (Å²) in [5.74, 6) is -0.908. The Morgan fingerprint density at radius 2 is 2.21 bits per heavy atom. The van der Waals surface area contributed by atoms with Crippen LogP contribution in [0.1, 0.15) is 24.0 Å². The molecule has 1 amide bonds. The third-order valence-electron chi connectivity index (χ3n) is 3.26. The zero-order chi connectivity index (χ0) is 14.0. The normalized spacial score (nSPS) is 19.2. The number of benzene rings is 1. The minimum Gasteiger partial charge on any atom is -0.481 e. The Labute approximate surface area is 111 Å². The van der Waals surface area contributed by atoms with Crippen molar-refractivity contribution < 1.29 is 19.4 Å². The van der Waals surface area contributed by atoms with E-state index in [1.54, 1.807) is 0 Å². The molecule has 1 heterocycles. The maximum absolute atomic E-state index is 11.9. The van der Waals surface area contributed by atoms with Crippen molar-refractivity contribution in [3.05, 3.63) is 29.3 Å². The smallest absolute Gasteiger partial charge is 0.414 e. The lowest BCUT2D eigenvalue weighted by Gasteiger charge is -2.35. The topological polar surface area (TPSA) is 66.8 Å². The second kappa shape index (κ2) is 5.30. The zero-order valence-corrected chi connectivity index (χ0v) is 11.0. The summed E-state index contributed by atoms with van der Waals surface area (Å²) in [6, 6.07) is 5.36. The Balaban J connectivity index is 2.35. The molecular weight excluding hydrogens is 246 g/mol. The van der Waals surface area contributed by atoms with Crippen LogP contribution in [-0.4, -0.2) is 29.8 Å². The number of anilines is 1. The van der Waals surface area contributed by atoms with Crippen molar-refractivity contribution in [1.82, 2.24) is 0 Å². The number of carboxylic acids is 1. The molecule has 5 nitrogen and oxygen atoms in total. The van der Waals surface area contributed by atoms with E-state index in [1.165, 1.54) is 4.90 Å². The maximum atomic E-state index is 11.9. The summed E-state index contributed by atoms with van der Waals surface area (Å²) in [6.45, 7) is 4.15. The highest BCUT2D eigenvalue weighted by Gasteiger charge is 2.33. The molecule has 19 heavy (non-hydrogen) atoms. The molecule has 0 aromatic heterocycles. The predicted octanol–water partition coefficient (Wildman–Crippen LogP) is 2.49. The van der Waals surface area contributed by atoms with Gasteiger partial charge in [-0.05, 0) is 25.5 Å². The van der Waals surface area contributed by atoms with Crippen LogP contribution in [0.5, 0.6) is 0 Å². The third-order valence-corrected chi connectivity index (χ3v) is 3.26. The van der Waals surface area contributed by atoms with E-state index >= 15 is 0 Å².